The Hall–Kier alpha value is -0.900. The Morgan fingerprint density at radius 1 is 1.29 bits per heavy atom. The van der Waals surface area contributed by atoms with Crippen LogP contribution < -0.4 is 5.73 Å². The van der Waals surface area contributed by atoms with E-state index in [0.717, 1.165) is 26.3 Å². The van der Waals surface area contributed by atoms with E-state index in [9.17, 15) is 0 Å². The minimum atomic E-state index is -0.317. The smallest absolute Gasteiger partial charge is 0.0593 e. The highest BCUT2D eigenvalue weighted by atomic mass is 16.5. The summed E-state index contributed by atoms with van der Waals surface area (Å²) >= 11 is 0. The normalized spacial score (nSPS) is 14.9. The van der Waals surface area contributed by atoms with Gasteiger partial charge in [0.1, 0.15) is 0 Å². The number of hydrogen-bond acceptors (Lipinski definition) is 3. The molecule has 0 fully saturated rings. The van der Waals surface area contributed by atoms with E-state index in [2.05, 4.69) is 31.0 Å². The fraction of sp³-hybridized carbons (Fsp3) is 0.571. The molecular formula is C14H24N2O. The van der Waals surface area contributed by atoms with Crippen molar-refractivity contribution in [1.82, 2.24) is 4.90 Å². The van der Waals surface area contributed by atoms with Crippen LogP contribution in [0.5, 0.6) is 0 Å². The first-order valence-electron chi connectivity index (χ1n) is 6.17. The van der Waals surface area contributed by atoms with Gasteiger partial charge in [0.15, 0.2) is 0 Å². The van der Waals surface area contributed by atoms with Gasteiger partial charge >= 0.3 is 0 Å². The molecule has 17 heavy (non-hydrogen) atoms. The highest BCUT2D eigenvalue weighted by Crippen LogP contribution is 2.17. The van der Waals surface area contributed by atoms with Gasteiger partial charge in [-0.15, -0.1) is 0 Å². The van der Waals surface area contributed by atoms with Gasteiger partial charge in [0.05, 0.1) is 12.1 Å². The highest BCUT2D eigenvalue weighted by Gasteiger charge is 2.22. The van der Waals surface area contributed by atoms with Crippen LogP contribution in [0.15, 0.2) is 30.3 Å². The Morgan fingerprint density at radius 2 is 1.94 bits per heavy atom. The molecule has 0 aliphatic carbocycles. The Morgan fingerprint density at radius 3 is 2.53 bits per heavy atom. The molecule has 1 aromatic rings. The topological polar surface area (TPSA) is 38.5 Å². The number of rotatable bonds is 7. The molecule has 3 nitrogen and oxygen atoms in total. The summed E-state index contributed by atoms with van der Waals surface area (Å²) in [6.45, 7) is 7.35. The SMILES string of the molecule is CCOCCN(C)CC(C)(N)c1ccccc1. The quantitative estimate of drug-likeness (QED) is 0.734. The van der Waals surface area contributed by atoms with E-state index in [1.807, 2.05) is 25.1 Å². The summed E-state index contributed by atoms with van der Waals surface area (Å²) in [5.41, 5.74) is 7.21. The number of likely N-dealkylation sites (N-methyl/N-ethyl adjacent to an activating group) is 1. The molecule has 1 atom stereocenters. The standard InChI is InChI=1S/C14H24N2O/c1-4-17-11-10-16(3)12-14(2,15)13-8-6-5-7-9-13/h5-9H,4,10-12,15H2,1-3H3. The van der Waals surface area contributed by atoms with Crippen molar-refractivity contribution >= 4 is 0 Å². The van der Waals surface area contributed by atoms with Gasteiger partial charge in [-0.1, -0.05) is 30.3 Å². The number of nitrogens with zero attached hydrogens (tertiary/aromatic N) is 1. The average molecular weight is 236 g/mol. The lowest BCUT2D eigenvalue weighted by Crippen LogP contribution is -2.44. The Bertz CT molecular complexity index is 311. The molecule has 0 saturated heterocycles. The fourth-order valence-electron chi connectivity index (χ4n) is 1.91. The van der Waals surface area contributed by atoms with Gasteiger partial charge in [0, 0.05) is 19.7 Å². The van der Waals surface area contributed by atoms with E-state index in [-0.39, 0.29) is 5.54 Å². The van der Waals surface area contributed by atoms with Crippen molar-refractivity contribution in [3.63, 3.8) is 0 Å². The van der Waals surface area contributed by atoms with E-state index in [1.165, 1.54) is 5.56 Å². The van der Waals surface area contributed by atoms with Gasteiger partial charge in [-0.2, -0.15) is 0 Å². The van der Waals surface area contributed by atoms with Crippen LogP contribution in [0.3, 0.4) is 0 Å². The summed E-state index contributed by atoms with van der Waals surface area (Å²) in [4.78, 5) is 2.21. The molecule has 0 saturated carbocycles. The molecule has 1 rings (SSSR count). The fourth-order valence-corrected chi connectivity index (χ4v) is 1.91. The third-order valence-corrected chi connectivity index (χ3v) is 2.85. The molecule has 1 aromatic carbocycles. The van der Waals surface area contributed by atoms with Crippen LogP contribution in [0.1, 0.15) is 19.4 Å². The summed E-state index contributed by atoms with van der Waals surface area (Å²) in [7, 11) is 2.08. The van der Waals surface area contributed by atoms with E-state index in [0.29, 0.717) is 0 Å². The molecule has 0 aliphatic rings. The number of benzene rings is 1. The monoisotopic (exact) mass is 236 g/mol. The van der Waals surface area contributed by atoms with Crippen molar-refractivity contribution in [3.05, 3.63) is 35.9 Å². The molecule has 3 heteroatoms. The van der Waals surface area contributed by atoms with Crippen LogP contribution in [-0.4, -0.2) is 38.3 Å². The molecule has 0 radical (unpaired) electrons. The molecule has 1 unspecified atom stereocenters. The van der Waals surface area contributed by atoms with E-state index >= 15 is 0 Å². The highest BCUT2D eigenvalue weighted by molar-refractivity contribution is 5.23. The number of hydrogen-bond donors (Lipinski definition) is 1. The number of ether oxygens (including phenoxy) is 1. The van der Waals surface area contributed by atoms with Gasteiger partial charge in [-0.3, -0.25) is 0 Å². The van der Waals surface area contributed by atoms with E-state index in [1.54, 1.807) is 0 Å². The first-order valence-corrected chi connectivity index (χ1v) is 6.17. The molecular weight excluding hydrogens is 212 g/mol. The Kier molecular flexibility index (Phi) is 5.62. The second-order valence-electron chi connectivity index (χ2n) is 4.72. The minimum absolute atomic E-state index is 0.317. The van der Waals surface area contributed by atoms with Crippen LogP contribution in [-0.2, 0) is 10.3 Å². The predicted molar refractivity (Wildman–Crippen MR) is 72.0 cm³/mol. The molecule has 0 amide bonds. The van der Waals surface area contributed by atoms with E-state index < -0.39 is 0 Å². The number of nitrogens with two attached hydrogens (primary N) is 1. The summed E-state index contributed by atoms with van der Waals surface area (Å²) < 4.78 is 5.34. The summed E-state index contributed by atoms with van der Waals surface area (Å²) in [5.74, 6) is 0. The van der Waals surface area contributed by atoms with Gasteiger partial charge in [0.2, 0.25) is 0 Å². The largest absolute Gasteiger partial charge is 0.380 e. The molecule has 0 heterocycles. The lowest BCUT2D eigenvalue weighted by atomic mass is 9.93. The average Bonchev–Trinajstić information content (AvgIpc) is 2.30. The lowest BCUT2D eigenvalue weighted by molar-refractivity contribution is 0.115. The first-order chi connectivity index (χ1) is 8.06. The second-order valence-corrected chi connectivity index (χ2v) is 4.72. The summed E-state index contributed by atoms with van der Waals surface area (Å²) in [5, 5.41) is 0. The molecule has 0 spiro atoms. The third-order valence-electron chi connectivity index (χ3n) is 2.85. The molecule has 0 aromatic heterocycles. The Balaban J connectivity index is 2.49. The molecule has 96 valence electrons. The van der Waals surface area contributed by atoms with Crippen molar-refractivity contribution in [2.24, 2.45) is 5.73 Å². The van der Waals surface area contributed by atoms with Crippen LogP contribution in [0.25, 0.3) is 0 Å². The predicted octanol–water partition coefficient (Wildman–Crippen LogP) is 1.83. The van der Waals surface area contributed by atoms with Crippen molar-refractivity contribution in [3.8, 4) is 0 Å². The van der Waals surface area contributed by atoms with Crippen molar-refractivity contribution in [2.75, 3.05) is 33.4 Å². The second kappa shape index (κ2) is 6.74. The van der Waals surface area contributed by atoms with Gasteiger partial charge < -0.3 is 15.4 Å². The maximum atomic E-state index is 6.36. The zero-order chi connectivity index (χ0) is 12.7. The van der Waals surface area contributed by atoms with Gasteiger partial charge in [0.25, 0.3) is 0 Å². The summed E-state index contributed by atoms with van der Waals surface area (Å²) in [6.07, 6.45) is 0. The van der Waals surface area contributed by atoms with Crippen LogP contribution in [0.4, 0.5) is 0 Å². The van der Waals surface area contributed by atoms with E-state index in [4.69, 9.17) is 10.5 Å². The summed E-state index contributed by atoms with van der Waals surface area (Å²) in [6, 6.07) is 10.2. The van der Waals surface area contributed by atoms with Crippen LogP contribution in [0, 0.1) is 0 Å². The third kappa shape index (κ3) is 4.86. The molecule has 2 N–H and O–H groups in total. The van der Waals surface area contributed by atoms with Crippen LogP contribution >= 0.6 is 0 Å². The maximum Gasteiger partial charge on any atom is 0.0593 e. The Labute approximate surface area is 105 Å². The maximum absolute atomic E-state index is 6.36. The zero-order valence-corrected chi connectivity index (χ0v) is 11.1. The van der Waals surface area contributed by atoms with Gasteiger partial charge in [-0.25, -0.2) is 0 Å². The van der Waals surface area contributed by atoms with Gasteiger partial charge in [-0.05, 0) is 26.5 Å². The first kappa shape index (κ1) is 14.2. The molecule has 0 bridgehead atoms. The molecule has 0 aliphatic heterocycles. The lowest BCUT2D eigenvalue weighted by Gasteiger charge is -2.30. The van der Waals surface area contributed by atoms with Crippen molar-refractivity contribution < 1.29 is 4.74 Å². The van der Waals surface area contributed by atoms with Crippen LogP contribution in [0.2, 0.25) is 0 Å². The van der Waals surface area contributed by atoms with Crippen molar-refractivity contribution in [2.45, 2.75) is 19.4 Å². The minimum Gasteiger partial charge on any atom is -0.380 e. The van der Waals surface area contributed by atoms with Crippen molar-refractivity contribution in [1.29, 1.82) is 0 Å². The zero-order valence-electron chi connectivity index (χ0n) is 11.1.